The molecule has 82 valence electrons. The van der Waals surface area contributed by atoms with Gasteiger partial charge in [-0.3, -0.25) is 9.80 Å². The molecule has 4 nitrogen and oxygen atoms in total. The molecule has 4 heteroatoms. The molecule has 2 aliphatic rings. The minimum Gasteiger partial charge on any atom is -0.344 e. The van der Waals surface area contributed by atoms with E-state index in [0.717, 1.165) is 0 Å². The summed E-state index contributed by atoms with van der Waals surface area (Å²) >= 11 is 0. The molecule has 4 N–H and O–H groups in total. The van der Waals surface area contributed by atoms with Crippen molar-refractivity contribution in [2.75, 3.05) is 65.4 Å². The van der Waals surface area contributed by atoms with Crippen LogP contribution in [0.2, 0.25) is 0 Å². The highest BCUT2D eigenvalue weighted by Gasteiger charge is 2.15. The van der Waals surface area contributed by atoms with E-state index in [4.69, 9.17) is 0 Å². The smallest absolute Gasteiger partial charge is 0.0885 e. The van der Waals surface area contributed by atoms with Gasteiger partial charge in [-0.2, -0.15) is 0 Å². The van der Waals surface area contributed by atoms with E-state index >= 15 is 0 Å². The van der Waals surface area contributed by atoms with Gasteiger partial charge in [-0.1, -0.05) is 0 Å². The monoisotopic (exact) mass is 200 g/mol. The first-order valence-electron chi connectivity index (χ1n) is 6.03. The summed E-state index contributed by atoms with van der Waals surface area (Å²) in [5.74, 6) is 0. The first-order chi connectivity index (χ1) is 6.95. The van der Waals surface area contributed by atoms with Crippen molar-refractivity contribution in [3.05, 3.63) is 0 Å². The molecule has 0 aromatic heterocycles. The molecule has 2 rings (SSSR count). The van der Waals surface area contributed by atoms with Crippen LogP contribution in [0.1, 0.15) is 0 Å². The number of nitrogens with two attached hydrogens (primary N) is 2. The van der Waals surface area contributed by atoms with E-state index in [0.29, 0.717) is 0 Å². The Bertz CT molecular complexity index is 132. The van der Waals surface area contributed by atoms with Crippen LogP contribution in [0, 0.1) is 0 Å². The zero-order chi connectivity index (χ0) is 9.64. The SMILES string of the molecule is C1CN2CC[NH2+]CCN(CC[NH2+]1)CC2. The van der Waals surface area contributed by atoms with Gasteiger partial charge in [0.15, 0.2) is 0 Å². The van der Waals surface area contributed by atoms with Crippen LogP contribution in [0.15, 0.2) is 0 Å². The van der Waals surface area contributed by atoms with Crippen molar-refractivity contribution in [1.29, 1.82) is 0 Å². The van der Waals surface area contributed by atoms with Crippen molar-refractivity contribution in [1.82, 2.24) is 9.80 Å². The lowest BCUT2D eigenvalue weighted by Crippen LogP contribution is -2.89. The van der Waals surface area contributed by atoms with Gasteiger partial charge in [-0.15, -0.1) is 0 Å². The van der Waals surface area contributed by atoms with Gasteiger partial charge < -0.3 is 10.6 Å². The number of fused-ring (bicyclic) bond motifs is 3. The summed E-state index contributed by atoms with van der Waals surface area (Å²) < 4.78 is 0. The molecule has 14 heavy (non-hydrogen) atoms. The fraction of sp³-hybridized carbons (Fsp3) is 1.00. The van der Waals surface area contributed by atoms with Crippen LogP contribution in [0.5, 0.6) is 0 Å². The molecule has 2 heterocycles. The Hall–Kier alpha value is -0.160. The van der Waals surface area contributed by atoms with Crippen LogP contribution in [-0.4, -0.2) is 75.2 Å². The Kier molecular flexibility index (Phi) is 4.19. The number of hydrogen-bond acceptors (Lipinski definition) is 2. The fourth-order valence-electron chi connectivity index (χ4n) is 2.34. The molecule has 0 aromatic carbocycles. The lowest BCUT2D eigenvalue weighted by atomic mass is 10.4. The highest BCUT2D eigenvalue weighted by molar-refractivity contribution is 4.65. The summed E-state index contributed by atoms with van der Waals surface area (Å²) in [5.41, 5.74) is 0. The maximum atomic E-state index is 2.62. The first kappa shape index (κ1) is 10.4. The van der Waals surface area contributed by atoms with E-state index in [1.807, 2.05) is 0 Å². The molecule has 0 amide bonds. The average Bonchev–Trinajstić information content (AvgIpc) is 2.34. The van der Waals surface area contributed by atoms with Gasteiger partial charge in [0.05, 0.1) is 26.2 Å². The molecule has 0 radical (unpaired) electrons. The maximum Gasteiger partial charge on any atom is 0.0885 e. The van der Waals surface area contributed by atoms with Gasteiger partial charge in [0.1, 0.15) is 0 Å². The Morgan fingerprint density at radius 2 is 0.857 bits per heavy atom. The summed E-state index contributed by atoms with van der Waals surface area (Å²) in [6, 6.07) is 0. The van der Waals surface area contributed by atoms with Crippen molar-refractivity contribution < 1.29 is 10.6 Å². The topological polar surface area (TPSA) is 39.7 Å². The van der Waals surface area contributed by atoms with Gasteiger partial charge in [-0.05, 0) is 0 Å². The minimum atomic E-state index is 1.28. The molecule has 2 bridgehead atoms. The average molecular weight is 200 g/mol. The number of hydrogen-bond donors (Lipinski definition) is 2. The molecular formula is C10H24N4+2. The lowest BCUT2D eigenvalue weighted by molar-refractivity contribution is -0.661. The zero-order valence-electron chi connectivity index (χ0n) is 9.12. The van der Waals surface area contributed by atoms with Crippen molar-refractivity contribution in [3.63, 3.8) is 0 Å². The Labute approximate surface area is 86.6 Å². The summed E-state index contributed by atoms with van der Waals surface area (Å²) in [5, 5.41) is 4.94. The minimum absolute atomic E-state index is 1.28. The van der Waals surface area contributed by atoms with E-state index in [1.165, 1.54) is 65.4 Å². The highest BCUT2D eigenvalue weighted by atomic mass is 15.2. The van der Waals surface area contributed by atoms with Crippen LogP contribution >= 0.6 is 0 Å². The van der Waals surface area contributed by atoms with Crippen molar-refractivity contribution >= 4 is 0 Å². The molecule has 2 aliphatic heterocycles. The predicted molar refractivity (Wildman–Crippen MR) is 56.2 cm³/mol. The van der Waals surface area contributed by atoms with Gasteiger partial charge in [0.25, 0.3) is 0 Å². The Morgan fingerprint density at radius 1 is 0.500 bits per heavy atom. The Balaban J connectivity index is 1.92. The third kappa shape index (κ3) is 3.20. The van der Waals surface area contributed by atoms with E-state index in [1.54, 1.807) is 0 Å². The Morgan fingerprint density at radius 3 is 1.21 bits per heavy atom. The quantitative estimate of drug-likeness (QED) is 0.431. The first-order valence-corrected chi connectivity index (χ1v) is 6.03. The zero-order valence-corrected chi connectivity index (χ0v) is 9.12. The van der Waals surface area contributed by atoms with Crippen LogP contribution in [0.4, 0.5) is 0 Å². The molecule has 0 unspecified atom stereocenters. The maximum absolute atomic E-state index is 2.62. The summed E-state index contributed by atoms with van der Waals surface area (Å²) in [6.45, 7) is 12.8. The molecular weight excluding hydrogens is 176 g/mol. The summed E-state index contributed by atoms with van der Waals surface area (Å²) in [4.78, 5) is 5.24. The van der Waals surface area contributed by atoms with E-state index in [-0.39, 0.29) is 0 Å². The molecule has 0 aliphatic carbocycles. The predicted octanol–water partition coefficient (Wildman–Crippen LogP) is -3.26. The highest BCUT2D eigenvalue weighted by Crippen LogP contribution is 1.92. The van der Waals surface area contributed by atoms with Crippen LogP contribution < -0.4 is 10.6 Å². The fourth-order valence-corrected chi connectivity index (χ4v) is 2.34. The molecule has 0 spiro atoms. The third-order valence-corrected chi connectivity index (χ3v) is 3.33. The van der Waals surface area contributed by atoms with Crippen LogP contribution in [0.3, 0.4) is 0 Å². The second-order valence-corrected chi connectivity index (χ2v) is 4.42. The van der Waals surface area contributed by atoms with Gasteiger partial charge in [0, 0.05) is 39.3 Å². The second-order valence-electron chi connectivity index (χ2n) is 4.42. The van der Waals surface area contributed by atoms with E-state index in [9.17, 15) is 0 Å². The van der Waals surface area contributed by atoms with Gasteiger partial charge in [0.2, 0.25) is 0 Å². The summed E-state index contributed by atoms with van der Waals surface area (Å²) in [6.07, 6.45) is 0. The van der Waals surface area contributed by atoms with E-state index in [2.05, 4.69) is 20.4 Å². The number of quaternary nitrogens is 2. The van der Waals surface area contributed by atoms with Gasteiger partial charge in [-0.25, -0.2) is 0 Å². The molecule has 2 saturated heterocycles. The number of nitrogens with zero attached hydrogens (tertiary/aromatic N) is 2. The molecule has 0 atom stereocenters. The van der Waals surface area contributed by atoms with Crippen LogP contribution in [-0.2, 0) is 0 Å². The van der Waals surface area contributed by atoms with Crippen LogP contribution in [0.25, 0.3) is 0 Å². The van der Waals surface area contributed by atoms with E-state index < -0.39 is 0 Å². The third-order valence-electron chi connectivity index (χ3n) is 3.33. The number of rotatable bonds is 0. The second kappa shape index (κ2) is 5.66. The normalized spacial score (nSPS) is 36.0. The summed E-state index contributed by atoms with van der Waals surface area (Å²) in [7, 11) is 0. The standard InChI is InChI=1S/C10H22N4/c1-5-13-7-3-12-4-8-14(10-9-13)6-2-11-1/h11-12H,1-10H2/p+2. The van der Waals surface area contributed by atoms with Gasteiger partial charge >= 0.3 is 0 Å². The van der Waals surface area contributed by atoms with Crippen molar-refractivity contribution in [2.24, 2.45) is 0 Å². The molecule has 2 fully saturated rings. The molecule has 0 saturated carbocycles. The lowest BCUT2D eigenvalue weighted by Gasteiger charge is -2.21. The molecule has 0 aromatic rings. The van der Waals surface area contributed by atoms with Crippen molar-refractivity contribution in [2.45, 2.75) is 0 Å². The largest absolute Gasteiger partial charge is 0.344 e. The van der Waals surface area contributed by atoms with Crippen molar-refractivity contribution in [3.8, 4) is 0 Å².